The van der Waals surface area contributed by atoms with E-state index in [1.165, 1.54) is 14.0 Å². The van der Waals surface area contributed by atoms with Crippen LogP contribution in [0.1, 0.15) is 114 Å². The normalized spacial score (nSPS) is 43.1. The quantitative estimate of drug-likeness (QED) is 0.122. The Bertz CT molecular complexity index is 1660. The smallest absolute Gasteiger partial charge is 0.311 e. The molecule has 6 N–H and O–H groups in total. The number of esters is 1. The van der Waals surface area contributed by atoms with Gasteiger partial charge in [0.05, 0.1) is 53.6 Å². The maximum absolute atomic E-state index is 14.6. The number of aliphatic hydroxyl groups is 4. The van der Waals surface area contributed by atoms with Crippen molar-refractivity contribution in [1.29, 1.82) is 5.26 Å². The Balaban J connectivity index is 1.86. The highest BCUT2D eigenvalue weighted by Gasteiger charge is 2.58. The van der Waals surface area contributed by atoms with Gasteiger partial charge in [0.25, 0.3) is 0 Å². The van der Waals surface area contributed by atoms with Crippen LogP contribution < -0.4 is 15.4 Å². The number of ether oxygens (including phenoxy) is 7. The van der Waals surface area contributed by atoms with Gasteiger partial charge in [0, 0.05) is 32.0 Å². The van der Waals surface area contributed by atoms with Crippen molar-refractivity contribution < 1.29 is 58.4 Å². The molecule has 3 heterocycles. The number of nitriles is 1. The predicted molar refractivity (Wildman–Crippen MR) is 241 cm³/mol. The van der Waals surface area contributed by atoms with E-state index in [1.54, 1.807) is 58.9 Å². The summed E-state index contributed by atoms with van der Waals surface area (Å²) in [6.45, 7) is 21.0. The second-order valence-corrected chi connectivity index (χ2v) is 19.9. The van der Waals surface area contributed by atoms with Crippen LogP contribution in [0.25, 0.3) is 0 Å². The van der Waals surface area contributed by atoms with Gasteiger partial charge in [-0.05, 0) is 132 Å². The standard InChI is InChI=1S/C48H82N4O12/c1-15-21-50-27-48(57)33(8)60-38(24-46(48,10)58-14)63-39-30(5)42(64-44-40(36(52(12)13)22-29(4)59-44)61-35-19-17-34(25-49)18-20-35)45(9,55)23-28(3)26-51-32(7)41(53)47(11,56)37(16-2)62-43(54)31(39)6/h17-20,28-33,36-42,44,50-51,53,55-57H,15-16,21-24,26-27H2,1-14H3/t28-,29-,30+,31-,32-,33+,36+,37-,38+,39+,40-,41-,42-,44+,45-,46-,47-,48+/m1/s1. The minimum Gasteiger partial charge on any atom is -0.483 e. The average molecular weight is 907 g/mol. The summed E-state index contributed by atoms with van der Waals surface area (Å²) < 4.78 is 46.1. The van der Waals surface area contributed by atoms with Crippen molar-refractivity contribution in [3.05, 3.63) is 29.8 Å². The molecule has 4 rings (SSSR count). The van der Waals surface area contributed by atoms with Gasteiger partial charge >= 0.3 is 5.97 Å². The Morgan fingerprint density at radius 2 is 1.62 bits per heavy atom. The van der Waals surface area contributed by atoms with E-state index in [-0.39, 0.29) is 43.9 Å². The van der Waals surface area contributed by atoms with Crippen LogP contribution in [0.15, 0.2) is 24.3 Å². The first-order chi connectivity index (χ1) is 29.9. The third kappa shape index (κ3) is 12.3. The number of methoxy groups -OCH3 is 1. The number of benzene rings is 1. The summed E-state index contributed by atoms with van der Waals surface area (Å²) in [6, 6.07) is 8.15. The maximum atomic E-state index is 14.6. The number of rotatable bonds is 13. The first-order valence-corrected chi connectivity index (χ1v) is 23.4. The summed E-state index contributed by atoms with van der Waals surface area (Å²) in [5.74, 6) is -2.22. The molecule has 0 aromatic heterocycles. The average Bonchev–Trinajstić information content (AvgIpc) is 3.24. The van der Waals surface area contributed by atoms with Crippen molar-refractivity contribution in [2.75, 3.05) is 40.8 Å². The molecular formula is C48H82N4O12. The lowest BCUT2D eigenvalue weighted by atomic mass is 9.75. The third-order valence-corrected chi connectivity index (χ3v) is 14.2. The molecule has 0 saturated carbocycles. The molecule has 1 aromatic rings. The van der Waals surface area contributed by atoms with E-state index in [0.29, 0.717) is 30.8 Å². The zero-order valence-electron chi connectivity index (χ0n) is 41.0. The van der Waals surface area contributed by atoms with Crippen molar-refractivity contribution in [2.24, 2.45) is 17.8 Å². The lowest BCUT2D eigenvalue weighted by molar-refractivity contribution is -0.335. The summed E-state index contributed by atoms with van der Waals surface area (Å²) in [7, 11) is 5.46. The van der Waals surface area contributed by atoms with E-state index in [2.05, 4.69) is 21.6 Å². The highest BCUT2D eigenvalue weighted by molar-refractivity contribution is 5.73. The minimum absolute atomic E-state index is 0.0817. The molecule has 0 radical (unpaired) electrons. The van der Waals surface area contributed by atoms with Gasteiger partial charge < -0.3 is 69.1 Å². The number of aliphatic hydroxyl groups excluding tert-OH is 1. The number of nitrogens with zero attached hydrogens (tertiary/aromatic N) is 2. The molecule has 0 aliphatic carbocycles. The van der Waals surface area contributed by atoms with Crippen LogP contribution in [0.3, 0.4) is 0 Å². The number of likely N-dealkylation sites (N-methyl/N-ethyl adjacent to an activating group) is 1. The van der Waals surface area contributed by atoms with Crippen molar-refractivity contribution in [2.45, 2.75) is 198 Å². The molecule has 18 atom stereocenters. The van der Waals surface area contributed by atoms with Crippen molar-refractivity contribution in [3.8, 4) is 11.8 Å². The van der Waals surface area contributed by atoms with Crippen LogP contribution in [-0.2, 0) is 33.2 Å². The van der Waals surface area contributed by atoms with Gasteiger partial charge in [-0.25, -0.2) is 0 Å². The van der Waals surface area contributed by atoms with Crippen LogP contribution in [0.5, 0.6) is 5.75 Å². The van der Waals surface area contributed by atoms with Gasteiger partial charge in [-0.3, -0.25) is 4.79 Å². The molecule has 16 nitrogen and oxygen atoms in total. The molecule has 0 bridgehead atoms. The molecule has 16 heteroatoms. The highest BCUT2D eigenvalue weighted by Crippen LogP contribution is 2.43. The number of carbonyl (C=O) groups is 1. The van der Waals surface area contributed by atoms with E-state index in [4.69, 9.17) is 33.2 Å². The highest BCUT2D eigenvalue weighted by atomic mass is 16.7. The minimum atomic E-state index is -1.83. The molecule has 3 aliphatic heterocycles. The van der Waals surface area contributed by atoms with E-state index in [1.807, 2.05) is 48.7 Å². The molecule has 3 saturated heterocycles. The van der Waals surface area contributed by atoms with Crippen molar-refractivity contribution in [3.63, 3.8) is 0 Å². The second kappa shape index (κ2) is 22.5. The Morgan fingerprint density at radius 1 is 0.969 bits per heavy atom. The number of hydrogen-bond donors (Lipinski definition) is 6. The Kier molecular flexibility index (Phi) is 19.0. The van der Waals surface area contributed by atoms with Gasteiger partial charge in [-0.15, -0.1) is 0 Å². The molecule has 3 aliphatic rings. The zero-order valence-corrected chi connectivity index (χ0v) is 41.0. The van der Waals surface area contributed by atoms with E-state index in [9.17, 15) is 30.5 Å². The number of hydrogen-bond acceptors (Lipinski definition) is 16. The van der Waals surface area contributed by atoms with E-state index >= 15 is 0 Å². The summed E-state index contributed by atoms with van der Waals surface area (Å²) in [5, 5.41) is 64.5. The Morgan fingerprint density at radius 3 is 2.20 bits per heavy atom. The maximum Gasteiger partial charge on any atom is 0.311 e. The lowest BCUT2D eigenvalue weighted by Gasteiger charge is -2.53. The SMILES string of the molecule is CCCNC[C@]1(O)[C@H](C)O[C@@H](O[C@H]2[C@H](C)[C@@H](O[C@@H]3O[C@H](C)C[C@H](N(C)C)[C@H]3Oc3ccc(C#N)cc3)[C@](C)(O)C[C@@H](C)CN[C@H](C)[C@@H](O)[C@](C)(O)[C@@H](CC)OC(=O)[C@@H]2C)C[C@@]1(C)OC. The lowest BCUT2D eigenvalue weighted by Crippen LogP contribution is -2.70. The molecule has 0 unspecified atom stereocenters. The first kappa shape index (κ1) is 54.1. The Hall–Kier alpha value is -2.50. The summed E-state index contributed by atoms with van der Waals surface area (Å²) in [5.41, 5.74) is -5.56. The van der Waals surface area contributed by atoms with E-state index < -0.39 is 95.5 Å². The number of carbonyl (C=O) groups excluding carboxylic acids is 1. The van der Waals surface area contributed by atoms with Crippen molar-refractivity contribution >= 4 is 5.97 Å². The summed E-state index contributed by atoms with van der Waals surface area (Å²) in [6.07, 6.45) is -6.40. The van der Waals surface area contributed by atoms with Crippen LogP contribution in [-0.4, -0.2) is 162 Å². The summed E-state index contributed by atoms with van der Waals surface area (Å²) in [4.78, 5) is 16.6. The molecule has 366 valence electrons. The summed E-state index contributed by atoms with van der Waals surface area (Å²) >= 11 is 0. The van der Waals surface area contributed by atoms with Gasteiger partial charge in [0.2, 0.25) is 0 Å². The molecule has 3 fully saturated rings. The number of cyclic esters (lactones) is 1. The van der Waals surface area contributed by atoms with E-state index in [0.717, 1.165) is 6.42 Å². The van der Waals surface area contributed by atoms with Gasteiger partial charge in [0.1, 0.15) is 34.8 Å². The monoisotopic (exact) mass is 907 g/mol. The fraction of sp³-hybridized carbons (Fsp3) is 0.833. The molecule has 1 aromatic carbocycles. The fourth-order valence-corrected chi connectivity index (χ4v) is 10.1. The van der Waals surface area contributed by atoms with Gasteiger partial charge in [0.15, 0.2) is 18.7 Å². The van der Waals surface area contributed by atoms with Gasteiger partial charge in [-0.1, -0.05) is 27.7 Å². The molecule has 64 heavy (non-hydrogen) atoms. The van der Waals surface area contributed by atoms with Crippen molar-refractivity contribution in [1.82, 2.24) is 15.5 Å². The van der Waals surface area contributed by atoms with Crippen LogP contribution in [0.2, 0.25) is 0 Å². The number of nitrogens with one attached hydrogen (secondary N) is 2. The molecular weight excluding hydrogens is 825 g/mol. The van der Waals surface area contributed by atoms with Gasteiger partial charge in [-0.2, -0.15) is 5.26 Å². The first-order valence-electron chi connectivity index (χ1n) is 23.4. The largest absolute Gasteiger partial charge is 0.483 e. The Labute approximate surface area is 382 Å². The molecule has 0 spiro atoms. The molecule has 0 amide bonds. The predicted octanol–water partition coefficient (Wildman–Crippen LogP) is 3.89. The fourth-order valence-electron chi connectivity index (χ4n) is 10.1. The zero-order chi connectivity index (χ0) is 47.9. The van der Waals surface area contributed by atoms with Crippen LogP contribution in [0.4, 0.5) is 0 Å². The second-order valence-electron chi connectivity index (χ2n) is 19.9. The van der Waals surface area contributed by atoms with Crippen LogP contribution >= 0.6 is 0 Å². The van der Waals surface area contributed by atoms with Crippen LogP contribution in [0, 0.1) is 29.1 Å². The third-order valence-electron chi connectivity index (χ3n) is 14.2. The topological polar surface area (TPSA) is 214 Å².